The van der Waals surface area contributed by atoms with Gasteiger partial charge >= 0.3 is 0 Å². The van der Waals surface area contributed by atoms with Crippen molar-refractivity contribution in [2.24, 2.45) is 5.92 Å². The van der Waals surface area contributed by atoms with Gasteiger partial charge in [-0.1, -0.05) is 37.3 Å². The SMILES string of the molecule is CC1COC1.COCc1ccccc1. The summed E-state index contributed by atoms with van der Waals surface area (Å²) in [6.45, 7) is 4.87. The second kappa shape index (κ2) is 6.57. The topological polar surface area (TPSA) is 18.5 Å². The van der Waals surface area contributed by atoms with Gasteiger partial charge in [0.25, 0.3) is 0 Å². The Bertz CT molecular complexity index is 229. The first-order valence-corrected chi connectivity index (χ1v) is 4.93. The van der Waals surface area contributed by atoms with Crippen molar-refractivity contribution in [3.63, 3.8) is 0 Å². The predicted octanol–water partition coefficient (Wildman–Crippen LogP) is 2.49. The molecule has 0 unspecified atom stereocenters. The average molecular weight is 194 g/mol. The van der Waals surface area contributed by atoms with Crippen molar-refractivity contribution in [2.45, 2.75) is 13.5 Å². The Balaban J connectivity index is 0.000000165. The highest BCUT2D eigenvalue weighted by Gasteiger charge is 2.09. The molecular weight excluding hydrogens is 176 g/mol. The Kier molecular flexibility index (Phi) is 5.27. The Morgan fingerprint density at radius 2 is 1.86 bits per heavy atom. The molecule has 2 heteroatoms. The summed E-state index contributed by atoms with van der Waals surface area (Å²) in [5.41, 5.74) is 1.22. The second-order valence-electron chi connectivity index (χ2n) is 3.56. The molecule has 0 saturated carbocycles. The number of rotatable bonds is 2. The van der Waals surface area contributed by atoms with E-state index in [4.69, 9.17) is 9.47 Å². The smallest absolute Gasteiger partial charge is 0.0713 e. The third kappa shape index (κ3) is 4.40. The number of benzene rings is 1. The Labute approximate surface area is 85.8 Å². The van der Waals surface area contributed by atoms with Crippen molar-refractivity contribution in [1.82, 2.24) is 0 Å². The zero-order valence-electron chi connectivity index (χ0n) is 8.90. The zero-order valence-corrected chi connectivity index (χ0v) is 8.90. The molecule has 1 aliphatic heterocycles. The van der Waals surface area contributed by atoms with Gasteiger partial charge in [-0.25, -0.2) is 0 Å². The van der Waals surface area contributed by atoms with Crippen LogP contribution in [0.5, 0.6) is 0 Å². The van der Waals surface area contributed by atoms with Gasteiger partial charge in [-0.2, -0.15) is 0 Å². The summed E-state index contributed by atoms with van der Waals surface area (Å²) in [6, 6.07) is 10.1. The summed E-state index contributed by atoms with van der Waals surface area (Å²) in [5.74, 6) is 0.843. The first kappa shape index (κ1) is 11.2. The van der Waals surface area contributed by atoms with Crippen LogP contribution >= 0.6 is 0 Å². The number of hydrogen-bond acceptors (Lipinski definition) is 2. The van der Waals surface area contributed by atoms with Gasteiger partial charge < -0.3 is 9.47 Å². The molecule has 0 aromatic heterocycles. The Morgan fingerprint density at radius 3 is 2.21 bits per heavy atom. The van der Waals surface area contributed by atoms with Crippen LogP contribution in [-0.4, -0.2) is 20.3 Å². The maximum atomic E-state index is 4.93. The van der Waals surface area contributed by atoms with Crippen molar-refractivity contribution in [1.29, 1.82) is 0 Å². The number of ether oxygens (including phenoxy) is 2. The summed E-state index contributed by atoms with van der Waals surface area (Å²) < 4.78 is 9.76. The predicted molar refractivity (Wildman–Crippen MR) is 57.1 cm³/mol. The van der Waals surface area contributed by atoms with E-state index in [0.717, 1.165) is 19.1 Å². The first-order chi connectivity index (χ1) is 6.83. The maximum absolute atomic E-state index is 4.93. The summed E-state index contributed by atoms with van der Waals surface area (Å²) in [5, 5.41) is 0. The molecule has 0 bridgehead atoms. The van der Waals surface area contributed by atoms with Gasteiger partial charge in [0.1, 0.15) is 0 Å². The quantitative estimate of drug-likeness (QED) is 0.720. The molecule has 0 N–H and O–H groups in total. The van der Waals surface area contributed by atoms with Crippen LogP contribution in [0.4, 0.5) is 0 Å². The normalized spacial score (nSPS) is 15.3. The van der Waals surface area contributed by atoms with E-state index in [1.165, 1.54) is 5.56 Å². The molecule has 14 heavy (non-hydrogen) atoms. The monoisotopic (exact) mass is 194 g/mol. The van der Waals surface area contributed by atoms with Crippen LogP contribution in [0.1, 0.15) is 12.5 Å². The van der Waals surface area contributed by atoms with Crippen LogP contribution in [-0.2, 0) is 16.1 Å². The number of methoxy groups -OCH3 is 1. The van der Waals surface area contributed by atoms with E-state index < -0.39 is 0 Å². The van der Waals surface area contributed by atoms with Gasteiger partial charge in [-0.3, -0.25) is 0 Å². The molecular formula is C12H18O2. The van der Waals surface area contributed by atoms with Crippen molar-refractivity contribution >= 4 is 0 Å². The molecule has 2 nitrogen and oxygen atoms in total. The van der Waals surface area contributed by atoms with Crippen LogP contribution in [0.2, 0.25) is 0 Å². The van der Waals surface area contributed by atoms with Gasteiger partial charge in [-0.05, 0) is 5.56 Å². The van der Waals surface area contributed by atoms with Gasteiger partial charge in [-0.15, -0.1) is 0 Å². The van der Waals surface area contributed by atoms with Crippen LogP contribution in [0, 0.1) is 5.92 Å². The largest absolute Gasteiger partial charge is 0.381 e. The Morgan fingerprint density at radius 1 is 1.29 bits per heavy atom. The summed E-state index contributed by atoms with van der Waals surface area (Å²) >= 11 is 0. The molecule has 78 valence electrons. The van der Waals surface area contributed by atoms with Crippen molar-refractivity contribution < 1.29 is 9.47 Å². The number of hydrogen-bond donors (Lipinski definition) is 0. The van der Waals surface area contributed by atoms with E-state index >= 15 is 0 Å². The average Bonchev–Trinajstić information content (AvgIpc) is 2.18. The minimum Gasteiger partial charge on any atom is -0.381 e. The first-order valence-electron chi connectivity index (χ1n) is 4.93. The summed E-state index contributed by atoms with van der Waals surface area (Å²) in [6.07, 6.45) is 0. The maximum Gasteiger partial charge on any atom is 0.0713 e. The van der Waals surface area contributed by atoms with Crippen molar-refractivity contribution in [2.75, 3.05) is 20.3 Å². The third-order valence-corrected chi connectivity index (χ3v) is 1.96. The molecule has 1 aromatic carbocycles. The van der Waals surface area contributed by atoms with Gasteiger partial charge in [0, 0.05) is 13.0 Å². The lowest BCUT2D eigenvalue weighted by Gasteiger charge is -2.20. The molecule has 1 heterocycles. The molecule has 0 radical (unpaired) electrons. The van der Waals surface area contributed by atoms with Crippen molar-refractivity contribution in [3.05, 3.63) is 35.9 Å². The lowest BCUT2D eigenvalue weighted by Crippen LogP contribution is -2.23. The fourth-order valence-electron chi connectivity index (χ4n) is 1.09. The highest BCUT2D eigenvalue weighted by molar-refractivity contribution is 5.13. The lowest BCUT2D eigenvalue weighted by atomic mass is 10.2. The zero-order chi connectivity index (χ0) is 10.2. The molecule has 1 fully saturated rings. The van der Waals surface area contributed by atoms with Crippen LogP contribution in [0.25, 0.3) is 0 Å². The van der Waals surface area contributed by atoms with Crippen LogP contribution in [0.15, 0.2) is 30.3 Å². The highest BCUT2D eigenvalue weighted by Crippen LogP contribution is 2.05. The van der Waals surface area contributed by atoms with E-state index in [1.807, 2.05) is 30.3 Å². The van der Waals surface area contributed by atoms with Crippen LogP contribution < -0.4 is 0 Å². The van der Waals surface area contributed by atoms with Crippen LogP contribution in [0.3, 0.4) is 0 Å². The molecule has 0 amide bonds. The fourth-order valence-corrected chi connectivity index (χ4v) is 1.09. The summed E-state index contributed by atoms with van der Waals surface area (Å²) in [4.78, 5) is 0. The van der Waals surface area contributed by atoms with Gasteiger partial charge in [0.05, 0.1) is 19.8 Å². The van der Waals surface area contributed by atoms with E-state index in [-0.39, 0.29) is 0 Å². The standard InChI is InChI=1S/C8H10O.C4H8O/c1-9-7-8-5-3-2-4-6-8;1-4-2-5-3-4/h2-6H,7H2,1H3;4H,2-3H2,1H3. The summed E-state index contributed by atoms with van der Waals surface area (Å²) in [7, 11) is 1.70. The third-order valence-electron chi connectivity index (χ3n) is 1.96. The Hall–Kier alpha value is -0.860. The fraction of sp³-hybridized carbons (Fsp3) is 0.500. The molecule has 0 aliphatic carbocycles. The molecule has 0 spiro atoms. The van der Waals surface area contributed by atoms with Crippen molar-refractivity contribution in [3.8, 4) is 0 Å². The molecule has 2 rings (SSSR count). The minimum atomic E-state index is 0.709. The second-order valence-corrected chi connectivity index (χ2v) is 3.56. The highest BCUT2D eigenvalue weighted by atomic mass is 16.5. The van der Waals surface area contributed by atoms with E-state index in [9.17, 15) is 0 Å². The molecule has 1 aromatic rings. The van der Waals surface area contributed by atoms with Gasteiger partial charge in [0.2, 0.25) is 0 Å². The van der Waals surface area contributed by atoms with E-state index in [1.54, 1.807) is 7.11 Å². The lowest BCUT2D eigenvalue weighted by molar-refractivity contribution is -0.0221. The minimum absolute atomic E-state index is 0.709. The molecule has 1 aliphatic rings. The van der Waals surface area contributed by atoms with E-state index in [0.29, 0.717) is 6.61 Å². The van der Waals surface area contributed by atoms with Gasteiger partial charge in [0.15, 0.2) is 0 Å². The van der Waals surface area contributed by atoms with E-state index in [2.05, 4.69) is 6.92 Å². The molecule has 0 atom stereocenters. The molecule has 1 saturated heterocycles.